The van der Waals surface area contributed by atoms with E-state index in [9.17, 15) is 5.11 Å². The molecule has 0 spiro atoms. The Labute approximate surface area is 109 Å². The molecule has 0 saturated carbocycles. The second-order valence-electron chi connectivity index (χ2n) is 6.41. The molecule has 0 bridgehead atoms. The maximum Gasteiger partial charge on any atom is 0.0712 e. The van der Waals surface area contributed by atoms with Gasteiger partial charge in [0.05, 0.1) is 12.3 Å². The highest BCUT2D eigenvalue weighted by atomic mass is 16.3. The summed E-state index contributed by atoms with van der Waals surface area (Å²) >= 11 is 0. The number of nitrogens with one attached hydrogen (secondary N) is 1. The van der Waals surface area contributed by atoms with E-state index in [4.69, 9.17) is 0 Å². The summed E-state index contributed by atoms with van der Waals surface area (Å²) in [6.45, 7) is 6.84. The van der Waals surface area contributed by atoms with Gasteiger partial charge in [-0.3, -0.25) is 4.68 Å². The molecule has 0 saturated heterocycles. The van der Waals surface area contributed by atoms with Gasteiger partial charge in [-0.2, -0.15) is 5.10 Å². The van der Waals surface area contributed by atoms with Crippen LogP contribution in [0.1, 0.15) is 50.9 Å². The van der Waals surface area contributed by atoms with Crippen LogP contribution in [0.2, 0.25) is 0 Å². The first-order valence-electron chi connectivity index (χ1n) is 6.82. The van der Waals surface area contributed by atoms with Crippen LogP contribution >= 0.6 is 0 Å². The Balaban J connectivity index is 2.00. The summed E-state index contributed by atoms with van der Waals surface area (Å²) in [5, 5.41) is 17.9. The van der Waals surface area contributed by atoms with Gasteiger partial charge in [-0.15, -0.1) is 0 Å². The smallest absolute Gasteiger partial charge is 0.0712 e. The third-order valence-corrected chi connectivity index (χ3v) is 3.93. The first kappa shape index (κ1) is 13.6. The molecule has 2 atom stereocenters. The van der Waals surface area contributed by atoms with Crippen molar-refractivity contribution in [2.45, 2.75) is 52.2 Å². The average molecular weight is 251 g/mol. The molecule has 1 heterocycles. The maximum atomic E-state index is 10.1. The molecule has 4 nitrogen and oxygen atoms in total. The number of hydrogen-bond acceptors (Lipinski definition) is 3. The molecular formula is C14H25N3O. The molecule has 0 aromatic carbocycles. The molecule has 4 heteroatoms. The van der Waals surface area contributed by atoms with Gasteiger partial charge in [0.1, 0.15) is 0 Å². The molecule has 1 aromatic heterocycles. The Hall–Kier alpha value is -0.870. The SMILES string of the molecule is Cn1ncc2c1CCCC2NCC(O)C(C)(C)C. The van der Waals surface area contributed by atoms with Gasteiger partial charge in [-0.25, -0.2) is 0 Å². The number of rotatable bonds is 3. The number of hydrogen-bond donors (Lipinski definition) is 2. The van der Waals surface area contributed by atoms with Crippen LogP contribution in [-0.4, -0.2) is 27.5 Å². The van der Waals surface area contributed by atoms with Crippen LogP contribution in [0.3, 0.4) is 0 Å². The van der Waals surface area contributed by atoms with Gasteiger partial charge in [0.15, 0.2) is 0 Å². The van der Waals surface area contributed by atoms with Gasteiger partial charge < -0.3 is 10.4 Å². The highest BCUT2D eigenvalue weighted by Gasteiger charge is 2.26. The fraction of sp³-hybridized carbons (Fsp3) is 0.786. The van der Waals surface area contributed by atoms with Crippen molar-refractivity contribution in [1.29, 1.82) is 0 Å². The Kier molecular flexibility index (Phi) is 3.78. The summed E-state index contributed by atoms with van der Waals surface area (Å²) < 4.78 is 1.98. The summed E-state index contributed by atoms with van der Waals surface area (Å²) in [5.74, 6) is 0. The third kappa shape index (κ3) is 2.75. The van der Waals surface area contributed by atoms with Crippen molar-refractivity contribution in [2.24, 2.45) is 12.5 Å². The van der Waals surface area contributed by atoms with Crippen molar-refractivity contribution in [3.05, 3.63) is 17.5 Å². The first-order chi connectivity index (χ1) is 8.39. The second kappa shape index (κ2) is 5.02. The highest BCUT2D eigenvalue weighted by molar-refractivity contribution is 5.24. The van der Waals surface area contributed by atoms with Gasteiger partial charge in [0.2, 0.25) is 0 Å². The highest BCUT2D eigenvalue weighted by Crippen LogP contribution is 2.29. The van der Waals surface area contributed by atoms with Gasteiger partial charge >= 0.3 is 0 Å². The minimum atomic E-state index is -0.320. The van der Waals surface area contributed by atoms with Gasteiger partial charge in [0, 0.05) is 30.9 Å². The summed E-state index contributed by atoms with van der Waals surface area (Å²) in [7, 11) is 2.01. The van der Waals surface area contributed by atoms with E-state index in [1.807, 2.05) is 17.9 Å². The lowest BCUT2D eigenvalue weighted by Crippen LogP contribution is -2.38. The van der Waals surface area contributed by atoms with E-state index >= 15 is 0 Å². The molecular weight excluding hydrogens is 226 g/mol. The van der Waals surface area contributed by atoms with E-state index in [1.165, 1.54) is 17.7 Å². The third-order valence-electron chi connectivity index (χ3n) is 3.93. The standard InChI is InChI=1S/C14H25N3O/c1-14(2,3)13(18)9-15-11-6-5-7-12-10(11)8-16-17(12)4/h8,11,13,15,18H,5-7,9H2,1-4H3. The van der Waals surface area contributed by atoms with Crippen LogP contribution in [0.25, 0.3) is 0 Å². The van der Waals surface area contributed by atoms with Crippen LogP contribution in [0, 0.1) is 5.41 Å². The number of aryl methyl sites for hydroxylation is 1. The Morgan fingerprint density at radius 1 is 1.56 bits per heavy atom. The van der Waals surface area contributed by atoms with Gasteiger partial charge in [-0.05, 0) is 24.7 Å². The summed E-state index contributed by atoms with van der Waals surface area (Å²) in [6, 6.07) is 0.347. The Morgan fingerprint density at radius 2 is 2.28 bits per heavy atom. The number of fused-ring (bicyclic) bond motifs is 1. The molecule has 1 aromatic rings. The predicted octanol–water partition coefficient (Wildman–Crippen LogP) is 1.79. The van der Waals surface area contributed by atoms with Gasteiger partial charge in [0.25, 0.3) is 0 Å². The van der Waals surface area contributed by atoms with Crippen molar-refractivity contribution in [2.75, 3.05) is 6.54 Å². The summed E-state index contributed by atoms with van der Waals surface area (Å²) in [5.41, 5.74) is 2.58. The van der Waals surface area contributed by atoms with E-state index < -0.39 is 0 Å². The minimum absolute atomic E-state index is 0.0700. The maximum absolute atomic E-state index is 10.1. The summed E-state index contributed by atoms with van der Waals surface area (Å²) in [6.07, 6.45) is 5.09. The normalized spacial score (nSPS) is 21.7. The van der Waals surface area contributed by atoms with Crippen molar-refractivity contribution >= 4 is 0 Å². The zero-order chi connectivity index (χ0) is 13.3. The van der Waals surface area contributed by atoms with Crippen molar-refractivity contribution in [3.63, 3.8) is 0 Å². The van der Waals surface area contributed by atoms with Gasteiger partial charge in [-0.1, -0.05) is 20.8 Å². The molecule has 18 heavy (non-hydrogen) atoms. The van der Waals surface area contributed by atoms with Crippen LogP contribution < -0.4 is 5.32 Å². The van der Waals surface area contributed by atoms with Crippen molar-refractivity contribution in [3.8, 4) is 0 Å². The molecule has 0 aliphatic heterocycles. The molecule has 0 amide bonds. The average Bonchev–Trinajstić information content (AvgIpc) is 2.67. The minimum Gasteiger partial charge on any atom is -0.391 e. The Morgan fingerprint density at radius 3 is 2.94 bits per heavy atom. The van der Waals surface area contributed by atoms with Crippen LogP contribution in [0.4, 0.5) is 0 Å². The number of nitrogens with zero attached hydrogens (tertiary/aromatic N) is 2. The van der Waals surface area contributed by atoms with Crippen LogP contribution in [0.5, 0.6) is 0 Å². The molecule has 2 unspecified atom stereocenters. The molecule has 102 valence electrons. The molecule has 1 aliphatic carbocycles. The molecule has 1 aliphatic rings. The quantitative estimate of drug-likeness (QED) is 0.861. The Bertz CT molecular complexity index is 406. The number of aliphatic hydroxyl groups is 1. The van der Waals surface area contributed by atoms with E-state index in [1.54, 1.807) is 0 Å². The second-order valence-corrected chi connectivity index (χ2v) is 6.41. The lowest BCUT2D eigenvalue weighted by molar-refractivity contribution is 0.0598. The number of aromatic nitrogens is 2. The zero-order valence-electron chi connectivity index (χ0n) is 11.9. The van der Waals surface area contributed by atoms with Crippen molar-refractivity contribution < 1.29 is 5.11 Å². The monoisotopic (exact) mass is 251 g/mol. The summed E-state index contributed by atoms with van der Waals surface area (Å²) in [4.78, 5) is 0. The van der Waals surface area contributed by atoms with Crippen LogP contribution in [0.15, 0.2) is 6.20 Å². The molecule has 2 rings (SSSR count). The van der Waals surface area contributed by atoms with E-state index in [2.05, 4.69) is 31.2 Å². The number of aliphatic hydroxyl groups excluding tert-OH is 1. The first-order valence-corrected chi connectivity index (χ1v) is 6.82. The van der Waals surface area contributed by atoms with E-state index in [0.29, 0.717) is 12.6 Å². The fourth-order valence-corrected chi connectivity index (χ4v) is 2.48. The molecule has 0 fully saturated rings. The van der Waals surface area contributed by atoms with Crippen molar-refractivity contribution in [1.82, 2.24) is 15.1 Å². The van der Waals surface area contributed by atoms with E-state index in [-0.39, 0.29) is 11.5 Å². The molecule has 0 radical (unpaired) electrons. The molecule has 2 N–H and O–H groups in total. The lowest BCUT2D eigenvalue weighted by atomic mass is 9.88. The predicted molar refractivity (Wildman–Crippen MR) is 72.4 cm³/mol. The van der Waals surface area contributed by atoms with E-state index in [0.717, 1.165) is 12.8 Å². The fourth-order valence-electron chi connectivity index (χ4n) is 2.48. The lowest BCUT2D eigenvalue weighted by Gasteiger charge is -2.30. The largest absolute Gasteiger partial charge is 0.391 e. The topological polar surface area (TPSA) is 50.1 Å². The zero-order valence-corrected chi connectivity index (χ0v) is 11.9. The van der Waals surface area contributed by atoms with Crippen LogP contribution in [-0.2, 0) is 13.5 Å².